The fourth-order valence-corrected chi connectivity index (χ4v) is 3.54. The smallest absolute Gasteiger partial charge is 0.107 e. The molecule has 0 spiro atoms. The van der Waals surface area contributed by atoms with Crippen molar-refractivity contribution in [1.82, 2.24) is 0 Å². The molecule has 0 amide bonds. The highest BCUT2D eigenvalue weighted by atomic mass is 16.5. The van der Waals surface area contributed by atoms with Gasteiger partial charge in [0.25, 0.3) is 0 Å². The Morgan fingerprint density at radius 1 is 1.47 bits per heavy atom. The molecule has 2 atom stereocenters. The quantitative estimate of drug-likeness (QED) is 0.540. The molecule has 2 aliphatic rings. The van der Waals surface area contributed by atoms with E-state index in [0.717, 1.165) is 12.5 Å². The number of hydrogen-bond donors (Lipinski definition) is 0. The second kappa shape index (κ2) is 4.46. The molecule has 17 heavy (non-hydrogen) atoms. The summed E-state index contributed by atoms with van der Waals surface area (Å²) in [7, 11) is 0. The summed E-state index contributed by atoms with van der Waals surface area (Å²) >= 11 is 0. The van der Waals surface area contributed by atoms with E-state index < -0.39 is 0 Å². The Morgan fingerprint density at radius 3 is 2.76 bits per heavy atom. The second-order valence-corrected chi connectivity index (χ2v) is 6.08. The van der Waals surface area contributed by atoms with Gasteiger partial charge in [-0.2, -0.15) is 0 Å². The maximum atomic E-state index is 5.26. The van der Waals surface area contributed by atoms with Crippen LogP contribution in [0.25, 0.3) is 0 Å². The summed E-state index contributed by atoms with van der Waals surface area (Å²) in [6.07, 6.45) is 8.99. The number of terminal acetylenes is 1. The largest absolute Gasteiger partial charge is 0.367 e. The first-order valence-electron chi connectivity index (χ1n) is 6.57. The second-order valence-electron chi connectivity index (χ2n) is 6.08. The van der Waals surface area contributed by atoms with Crippen molar-refractivity contribution in [3.05, 3.63) is 0 Å². The topological polar surface area (TPSA) is 21.6 Å². The first-order chi connectivity index (χ1) is 8.02. The van der Waals surface area contributed by atoms with Crippen LogP contribution in [0.15, 0.2) is 4.99 Å². The van der Waals surface area contributed by atoms with Gasteiger partial charge in [-0.1, -0.05) is 26.7 Å². The first-order valence-corrected chi connectivity index (χ1v) is 6.57. The van der Waals surface area contributed by atoms with Crippen LogP contribution in [0.5, 0.6) is 0 Å². The third-order valence-corrected chi connectivity index (χ3v) is 5.24. The van der Waals surface area contributed by atoms with Gasteiger partial charge in [0.2, 0.25) is 0 Å². The highest BCUT2D eigenvalue weighted by Crippen LogP contribution is 2.63. The van der Waals surface area contributed by atoms with Gasteiger partial charge in [0, 0.05) is 11.1 Å². The van der Waals surface area contributed by atoms with E-state index in [2.05, 4.69) is 26.7 Å². The highest BCUT2D eigenvalue weighted by molar-refractivity contribution is 5.94. The molecule has 2 heteroatoms. The fraction of sp³-hybridized carbons (Fsp3) is 0.800. The molecule has 0 aromatic heterocycles. The molecule has 2 nitrogen and oxygen atoms in total. The Morgan fingerprint density at radius 2 is 2.24 bits per heavy atom. The van der Waals surface area contributed by atoms with Gasteiger partial charge in [-0.05, 0) is 30.6 Å². The van der Waals surface area contributed by atoms with E-state index in [1.54, 1.807) is 0 Å². The third kappa shape index (κ3) is 1.91. The lowest BCUT2D eigenvalue weighted by Crippen LogP contribution is -2.32. The summed E-state index contributed by atoms with van der Waals surface area (Å²) in [5.41, 5.74) is 2.16. The number of ether oxygens (including phenoxy) is 1. The van der Waals surface area contributed by atoms with Crippen LogP contribution < -0.4 is 0 Å². The summed E-state index contributed by atoms with van der Waals surface area (Å²) in [4.78, 5) is 4.77. The van der Waals surface area contributed by atoms with Gasteiger partial charge < -0.3 is 4.74 Å². The number of hydrogen-bond acceptors (Lipinski definition) is 2. The predicted molar refractivity (Wildman–Crippen MR) is 71.2 cm³/mol. The number of nitrogens with zero attached hydrogens (tertiary/aromatic N) is 1. The molecule has 0 radical (unpaired) electrons. The van der Waals surface area contributed by atoms with Crippen molar-refractivity contribution in [2.75, 3.05) is 19.8 Å². The Balaban J connectivity index is 1.96. The van der Waals surface area contributed by atoms with Gasteiger partial charge >= 0.3 is 0 Å². The molecule has 2 bridgehead atoms. The molecule has 2 aliphatic carbocycles. The van der Waals surface area contributed by atoms with E-state index in [1.165, 1.54) is 25.0 Å². The molecule has 94 valence electrons. The van der Waals surface area contributed by atoms with Crippen LogP contribution in [0.1, 0.15) is 40.0 Å². The molecule has 0 aromatic rings. The number of aliphatic imine (C=N–C) groups is 1. The van der Waals surface area contributed by atoms with Gasteiger partial charge in [0.1, 0.15) is 6.61 Å². The average molecular weight is 233 g/mol. The van der Waals surface area contributed by atoms with Crippen molar-refractivity contribution in [2.24, 2.45) is 21.7 Å². The van der Waals surface area contributed by atoms with Crippen LogP contribution in [0.3, 0.4) is 0 Å². The summed E-state index contributed by atoms with van der Waals surface area (Å²) in [6, 6.07) is 0. The molecule has 0 heterocycles. The lowest BCUT2D eigenvalue weighted by Gasteiger charge is -2.34. The Bertz CT molecular complexity index is 364. The van der Waals surface area contributed by atoms with Crippen LogP contribution in [0.4, 0.5) is 0 Å². The van der Waals surface area contributed by atoms with E-state index in [-0.39, 0.29) is 0 Å². The maximum absolute atomic E-state index is 5.26. The van der Waals surface area contributed by atoms with E-state index in [9.17, 15) is 0 Å². The maximum Gasteiger partial charge on any atom is 0.107 e. The third-order valence-electron chi connectivity index (χ3n) is 5.24. The standard InChI is InChI=1S/C15H23NO/c1-5-9-17-10-8-16-13-11-12-6-7-15(13,4)14(12,2)3/h1,12H,6-11H2,2-4H3/t12-,15+/m1/s1. The van der Waals surface area contributed by atoms with Gasteiger partial charge in [-0.25, -0.2) is 0 Å². The molecular weight excluding hydrogens is 210 g/mol. The van der Waals surface area contributed by atoms with Gasteiger partial charge in [-0.15, -0.1) is 6.42 Å². The molecule has 2 saturated carbocycles. The van der Waals surface area contributed by atoms with Crippen LogP contribution >= 0.6 is 0 Å². The highest BCUT2D eigenvalue weighted by Gasteiger charge is 2.59. The van der Waals surface area contributed by atoms with Crippen molar-refractivity contribution >= 4 is 5.71 Å². The van der Waals surface area contributed by atoms with Gasteiger partial charge in [0.05, 0.1) is 13.2 Å². The summed E-state index contributed by atoms with van der Waals surface area (Å²) in [5.74, 6) is 3.30. The minimum atomic E-state index is 0.323. The molecule has 0 N–H and O–H groups in total. The lowest BCUT2D eigenvalue weighted by molar-refractivity contribution is 0.175. The molecular formula is C15H23NO. The zero-order chi connectivity index (χ0) is 12.5. The molecule has 0 unspecified atom stereocenters. The van der Waals surface area contributed by atoms with Crippen molar-refractivity contribution in [3.8, 4) is 12.3 Å². The molecule has 0 saturated heterocycles. The predicted octanol–water partition coefficient (Wildman–Crippen LogP) is 2.92. The lowest BCUT2D eigenvalue weighted by atomic mass is 9.70. The first kappa shape index (κ1) is 12.6. The zero-order valence-electron chi connectivity index (χ0n) is 11.3. The average Bonchev–Trinajstić information content (AvgIpc) is 2.61. The van der Waals surface area contributed by atoms with E-state index >= 15 is 0 Å². The SMILES string of the molecule is C#CCOCCN=C1C[C@H]2CC[C@]1(C)C2(C)C. The van der Waals surface area contributed by atoms with Crippen LogP contribution in [0, 0.1) is 29.1 Å². The Labute approximate surface area is 105 Å². The van der Waals surface area contributed by atoms with Crippen molar-refractivity contribution in [3.63, 3.8) is 0 Å². The number of fused-ring (bicyclic) bond motifs is 2. The van der Waals surface area contributed by atoms with Gasteiger partial charge in [0.15, 0.2) is 0 Å². The minimum absolute atomic E-state index is 0.323. The fourth-order valence-electron chi connectivity index (χ4n) is 3.54. The summed E-state index contributed by atoms with van der Waals surface area (Å²) < 4.78 is 5.26. The van der Waals surface area contributed by atoms with Crippen molar-refractivity contribution in [2.45, 2.75) is 40.0 Å². The monoisotopic (exact) mass is 233 g/mol. The summed E-state index contributed by atoms with van der Waals surface area (Å²) in [5, 5.41) is 0. The van der Waals surface area contributed by atoms with Crippen LogP contribution in [-0.2, 0) is 4.74 Å². The van der Waals surface area contributed by atoms with Crippen molar-refractivity contribution < 1.29 is 4.74 Å². The normalized spacial score (nSPS) is 36.4. The van der Waals surface area contributed by atoms with E-state index in [0.29, 0.717) is 24.0 Å². The molecule has 0 aromatic carbocycles. The Kier molecular flexibility index (Phi) is 3.32. The van der Waals surface area contributed by atoms with Crippen LogP contribution in [0.2, 0.25) is 0 Å². The molecule has 2 rings (SSSR count). The van der Waals surface area contributed by atoms with E-state index in [4.69, 9.17) is 16.2 Å². The van der Waals surface area contributed by atoms with Crippen molar-refractivity contribution in [1.29, 1.82) is 0 Å². The Hall–Kier alpha value is -0.810. The molecule has 2 fully saturated rings. The summed E-state index contributed by atoms with van der Waals surface area (Å²) in [6.45, 7) is 9.01. The zero-order valence-corrected chi connectivity index (χ0v) is 11.3. The molecule has 0 aliphatic heterocycles. The minimum Gasteiger partial charge on any atom is -0.367 e. The van der Waals surface area contributed by atoms with E-state index in [1.807, 2.05) is 0 Å². The number of rotatable bonds is 4. The van der Waals surface area contributed by atoms with Gasteiger partial charge in [-0.3, -0.25) is 4.99 Å². The van der Waals surface area contributed by atoms with Crippen LogP contribution in [-0.4, -0.2) is 25.5 Å².